The van der Waals surface area contributed by atoms with Gasteiger partial charge in [-0.2, -0.15) is 0 Å². The smallest absolute Gasteiger partial charge is 0.237 e. The Balaban J connectivity index is 2.12. The van der Waals surface area contributed by atoms with Crippen molar-refractivity contribution in [1.29, 1.82) is 0 Å². The molecule has 23 heavy (non-hydrogen) atoms. The number of benzene rings is 2. The maximum absolute atomic E-state index is 13.9. The lowest BCUT2D eigenvalue weighted by molar-refractivity contribution is -0.120. The first-order valence-corrected chi connectivity index (χ1v) is 8.54. The maximum Gasteiger partial charge on any atom is 0.237 e. The number of carbonyl (C=O) groups excluding carboxylic acids is 1. The second-order valence-corrected chi connectivity index (χ2v) is 6.27. The van der Waals surface area contributed by atoms with Crippen LogP contribution >= 0.6 is 11.8 Å². The summed E-state index contributed by atoms with van der Waals surface area (Å²) in [4.78, 5) is 13.0. The first-order valence-electron chi connectivity index (χ1n) is 7.66. The summed E-state index contributed by atoms with van der Waals surface area (Å²) >= 11 is 1.23. The molecule has 0 radical (unpaired) electrons. The minimum atomic E-state index is -0.481. The van der Waals surface area contributed by atoms with E-state index in [1.807, 2.05) is 30.3 Å². The molecule has 0 bridgehead atoms. The quantitative estimate of drug-likeness (QED) is 0.574. The second kappa shape index (κ2) is 9.33. The van der Waals surface area contributed by atoms with Crippen LogP contribution in [-0.2, 0) is 4.79 Å². The fourth-order valence-electron chi connectivity index (χ4n) is 2.14. The number of halogens is 1. The summed E-state index contributed by atoms with van der Waals surface area (Å²) in [7, 11) is 0. The summed E-state index contributed by atoms with van der Waals surface area (Å²) in [6.45, 7) is 1.19. The van der Waals surface area contributed by atoms with Gasteiger partial charge in [0.05, 0.1) is 0 Å². The number of carbonyl (C=O) groups is 1. The average Bonchev–Trinajstić information content (AvgIpc) is 2.58. The SMILES string of the molecule is NCCCCNC(=O)C(Sc1ccccc1F)c1ccccc1. The van der Waals surface area contributed by atoms with Crippen molar-refractivity contribution in [3.05, 3.63) is 66.0 Å². The fraction of sp³-hybridized carbons (Fsp3) is 0.278. The molecule has 0 aliphatic carbocycles. The molecule has 2 aromatic carbocycles. The zero-order valence-electron chi connectivity index (χ0n) is 12.9. The van der Waals surface area contributed by atoms with E-state index in [9.17, 15) is 9.18 Å². The van der Waals surface area contributed by atoms with Crippen LogP contribution in [0.4, 0.5) is 4.39 Å². The number of hydrogen-bond acceptors (Lipinski definition) is 3. The predicted molar refractivity (Wildman–Crippen MR) is 92.7 cm³/mol. The van der Waals surface area contributed by atoms with Crippen LogP contribution in [0.5, 0.6) is 0 Å². The molecule has 122 valence electrons. The Kier molecular flexibility index (Phi) is 7.10. The lowest BCUT2D eigenvalue weighted by Crippen LogP contribution is -2.29. The molecule has 3 nitrogen and oxygen atoms in total. The molecule has 2 aromatic rings. The monoisotopic (exact) mass is 332 g/mol. The number of nitrogens with one attached hydrogen (secondary N) is 1. The lowest BCUT2D eigenvalue weighted by Gasteiger charge is -2.17. The molecule has 0 saturated carbocycles. The Bertz CT molecular complexity index is 621. The van der Waals surface area contributed by atoms with Gasteiger partial charge in [-0.1, -0.05) is 42.5 Å². The van der Waals surface area contributed by atoms with Gasteiger partial charge < -0.3 is 11.1 Å². The van der Waals surface area contributed by atoms with E-state index in [4.69, 9.17) is 5.73 Å². The highest BCUT2D eigenvalue weighted by Gasteiger charge is 2.22. The van der Waals surface area contributed by atoms with Crippen LogP contribution in [0.1, 0.15) is 23.7 Å². The van der Waals surface area contributed by atoms with Crippen molar-refractivity contribution in [2.75, 3.05) is 13.1 Å². The Labute approximate surface area is 140 Å². The summed E-state index contributed by atoms with van der Waals surface area (Å²) in [5.41, 5.74) is 6.31. The molecule has 1 atom stereocenters. The van der Waals surface area contributed by atoms with E-state index in [0.29, 0.717) is 18.0 Å². The van der Waals surface area contributed by atoms with E-state index in [1.165, 1.54) is 17.8 Å². The molecule has 0 aliphatic heterocycles. The third kappa shape index (κ3) is 5.37. The van der Waals surface area contributed by atoms with Crippen molar-refractivity contribution in [3.8, 4) is 0 Å². The third-order valence-corrected chi connectivity index (χ3v) is 4.66. The molecule has 0 heterocycles. The summed E-state index contributed by atoms with van der Waals surface area (Å²) in [6, 6.07) is 15.9. The van der Waals surface area contributed by atoms with Gasteiger partial charge >= 0.3 is 0 Å². The van der Waals surface area contributed by atoms with Gasteiger partial charge in [0.1, 0.15) is 11.1 Å². The van der Waals surface area contributed by atoms with Crippen LogP contribution < -0.4 is 11.1 Å². The number of thioether (sulfide) groups is 1. The Morgan fingerprint density at radius 1 is 1.09 bits per heavy atom. The van der Waals surface area contributed by atoms with E-state index in [1.54, 1.807) is 18.2 Å². The third-order valence-electron chi connectivity index (χ3n) is 3.35. The van der Waals surface area contributed by atoms with Gasteiger partial charge in [-0.15, -0.1) is 11.8 Å². The van der Waals surface area contributed by atoms with Gasteiger partial charge in [-0.25, -0.2) is 4.39 Å². The van der Waals surface area contributed by atoms with Crippen molar-refractivity contribution >= 4 is 17.7 Å². The van der Waals surface area contributed by atoms with Gasteiger partial charge in [0, 0.05) is 11.4 Å². The Morgan fingerprint density at radius 2 is 1.78 bits per heavy atom. The normalized spacial score (nSPS) is 11.9. The first-order chi connectivity index (χ1) is 11.2. The van der Waals surface area contributed by atoms with E-state index in [0.717, 1.165) is 18.4 Å². The Hall–Kier alpha value is -1.85. The largest absolute Gasteiger partial charge is 0.355 e. The summed E-state index contributed by atoms with van der Waals surface area (Å²) in [5, 5.41) is 2.44. The van der Waals surface area contributed by atoms with Crippen LogP contribution in [0.3, 0.4) is 0 Å². The van der Waals surface area contributed by atoms with Crippen LogP contribution in [0.25, 0.3) is 0 Å². The molecule has 0 aliphatic rings. The summed E-state index contributed by atoms with van der Waals surface area (Å²) < 4.78 is 13.9. The van der Waals surface area contributed by atoms with Crippen molar-refractivity contribution in [1.82, 2.24) is 5.32 Å². The zero-order chi connectivity index (χ0) is 16.5. The molecule has 5 heteroatoms. The van der Waals surface area contributed by atoms with Crippen molar-refractivity contribution in [3.63, 3.8) is 0 Å². The van der Waals surface area contributed by atoms with Gasteiger partial charge in [-0.3, -0.25) is 4.79 Å². The topological polar surface area (TPSA) is 55.1 Å². The molecule has 0 aromatic heterocycles. The molecule has 0 saturated heterocycles. The van der Waals surface area contributed by atoms with Crippen molar-refractivity contribution in [2.45, 2.75) is 23.0 Å². The number of hydrogen-bond donors (Lipinski definition) is 2. The molecule has 1 unspecified atom stereocenters. The summed E-state index contributed by atoms with van der Waals surface area (Å²) in [5.74, 6) is -0.421. The van der Waals surface area contributed by atoms with Crippen LogP contribution in [0, 0.1) is 5.82 Å². The highest BCUT2D eigenvalue weighted by atomic mass is 32.2. The number of amides is 1. The van der Waals surface area contributed by atoms with Gasteiger partial charge in [-0.05, 0) is 37.1 Å². The van der Waals surface area contributed by atoms with Crippen molar-refractivity contribution in [2.24, 2.45) is 5.73 Å². The van der Waals surface area contributed by atoms with E-state index >= 15 is 0 Å². The van der Waals surface area contributed by atoms with Gasteiger partial charge in [0.15, 0.2) is 0 Å². The van der Waals surface area contributed by atoms with Crippen LogP contribution in [-0.4, -0.2) is 19.0 Å². The zero-order valence-corrected chi connectivity index (χ0v) is 13.7. The summed E-state index contributed by atoms with van der Waals surface area (Å²) in [6.07, 6.45) is 1.71. The minimum absolute atomic E-state index is 0.110. The van der Waals surface area contributed by atoms with Gasteiger partial charge in [0.25, 0.3) is 0 Å². The lowest BCUT2D eigenvalue weighted by atomic mass is 10.1. The molecule has 1 amide bonds. The molecule has 0 spiro atoms. The van der Waals surface area contributed by atoms with Crippen molar-refractivity contribution < 1.29 is 9.18 Å². The molecular weight excluding hydrogens is 311 g/mol. The standard InChI is InChI=1S/C18H21FN2OS/c19-15-10-4-5-11-16(15)23-17(14-8-2-1-3-9-14)18(22)21-13-7-6-12-20/h1-5,8-11,17H,6-7,12-13,20H2,(H,21,22). The highest BCUT2D eigenvalue weighted by molar-refractivity contribution is 8.00. The average molecular weight is 332 g/mol. The molecule has 3 N–H and O–H groups in total. The Morgan fingerprint density at radius 3 is 2.48 bits per heavy atom. The van der Waals surface area contributed by atoms with Gasteiger partial charge in [0.2, 0.25) is 5.91 Å². The van der Waals surface area contributed by atoms with E-state index in [2.05, 4.69) is 5.32 Å². The van der Waals surface area contributed by atoms with Crippen LogP contribution in [0.15, 0.2) is 59.5 Å². The first kappa shape index (κ1) is 17.5. The number of rotatable bonds is 8. The fourth-order valence-corrected chi connectivity index (χ4v) is 3.22. The van der Waals surface area contributed by atoms with Crippen LogP contribution in [0.2, 0.25) is 0 Å². The molecule has 0 fully saturated rings. The van der Waals surface area contributed by atoms with E-state index in [-0.39, 0.29) is 11.7 Å². The molecular formula is C18H21FN2OS. The second-order valence-electron chi connectivity index (χ2n) is 5.13. The highest BCUT2D eigenvalue weighted by Crippen LogP contribution is 2.36. The molecule has 2 rings (SSSR count). The van der Waals surface area contributed by atoms with E-state index < -0.39 is 5.25 Å². The predicted octanol–water partition coefficient (Wildman–Crippen LogP) is 3.51. The number of nitrogens with two attached hydrogens (primary N) is 1. The number of unbranched alkanes of at least 4 members (excludes halogenated alkanes) is 1. The minimum Gasteiger partial charge on any atom is -0.355 e. The maximum atomic E-state index is 13.9.